The third kappa shape index (κ3) is 13.7. The number of rotatable bonds is 0. The van der Waals surface area contributed by atoms with Crippen LogP contribution in [0.2, 0.25) is 0 Å². The van der Waals surface area contributed by atoms with E-state index >= 15 is 0 Å². The smallest absolute Gasteiger partial charge is 0.0659 e. The predicted molar refractivity (Wildman–Crippen MR) is 200 cm³/mol. The van der Waals surface area contributed by atoms with Crippen LogP contribution in [0.1, 0.15) is 22.8 Å². The summed E-state index contributed by atoms with van der Waals surface area (Å²) in [4.78, 5) is 16.0. The van der Waals surface area contributed by atoms with Crippen LogP contribution in [0, 0.1) is 24.3 Å². The van der Waals surface area contributed by atoms with Gasteiger partial charge in [0.1, 0.15) is 0 Å². The quantitative estimate of drug-likeness (QED) is 0.124. The molecule has 9 rings (SSSR count). The van der Waals surface area contributed by atoms with Crippen molar-refractivity contribution in [1.29, 1.82) is 0 Å². The number of aromatic amines is 2. The van der Waals surface area contributed by atoms with Crippen molar-refractivity contribution >= 4 is 46.4 Å². The Bertz CT molecular complexity index is 1800. The molecule has 4 nitrogen and oxygen atoms in total. The average molecular weight is 682 g/mol. The number of hydrogen-bond donors (Lipinski definition) is 2. The summed E-state index contributed by atoms with van der Waals surface area (Å²) < 4.78 is 0. The van der Waals surface area contributed by atoms with E-state index in [2.05, 4.69) is 74.5 Å². The zero-order valence-corrected chi connectivity index (χ0v) is 27.6. The second-order valence-electron chi connectivity index (χ2n) is 10.2. The summed E-state index contributed by atoms with van der Waals surface area (Å²) in [5.74, 6) is 0. The standard InChI is InChI=1S/C20H14N4.4C6H5.Cu/c1-2-14-10-16-5-6-18(23-16)12-20-8-7-19(24-20)11-17-4-3-15(22-17)9-13(1)21-14;4*1-2-4-6-5-3-1;/h1-12,21-22H;4*1-5H;/q;4*-1;. The van der Waals surface area contributed by atoms with Crippen LogP contribution in [0.3, 0.4) is 0 Å². The molecule has 8 bridgehead atoms. The normalized spacial score (nSPS) is 10.1. The van der Waals surface area contributed by atoms with Crippen molar-refractivity contribution in [2.45, 2.75) is 0 Å². The number of benzene rings is 4. The minimum absolute atomic E-state index is 0. The molecular weight excluding hydrogens is 648 g/mol. The third-order valence-corrected chi connectivity index (χ3v) is 6.47. The SMILES string of the molecule is C1=Cc2cc3ccc(cc4ccc(cc5nc(cc1n2)C=C5)[nH]4)[nH]3.[Cu].[c-]1ccccc1.[c-]1ccccc1.[c-]1ccccc1.[c-]1ccccc1. The summed E-state index contributed by atoms with van der Waals surface area (Å²) in [7, 11) is 0. The minimum Gasteiger partial charge on any atom is -0.355 e. The zero-order valence-electron chi connectivity index (χ0n) is 26.7. The first-order valence-electron chi connectivity index (χ1n) is 15.5. The van der Waals surface area contributed by atoms with E-state index in [0.29, 0.717) is 0 Å². The first-order valence-corrected chi connectivity index (χ1v) is 15.5. The summed E-state index contributed by atoms with van der Waals surface area (Å²) in [6.45, 7) is 0. The van der Waals surface area contributed by atoms with Crippen molar-refractivity contribution < 1.29 is 17.1 Å². The molecule has 2 aliphatic rings. The van der Waals surface area contributed by atoms with E-state index in [0.717, 1.165) is 44.8 Å². The van der Waals surface area contributed by atoms with Crippen LogP contribution >= 0.6 is 0 Å². The maximum atomic E-state index is 4.62. The fraction of sp³-hybridized carbons (Fsp3) is 0. The molecule has 5 heteroatoms. The zero-order chi connectivity index (χ0) is 32.9. The molecule has 0 saturated carbocycles. The van der Waals surface area contributed by atoms with Gasteiger partial charge in [0.05, 0.1) is 22.8 Å². The topological polar surface area (TPSA) is 57.4 Å². The molecule has 0 amide bonds. The Morgan fingerprint density at radius 1 is 0.327 bits per heavy atom. The van der Waals surface area contributed by atoms with Gasteiger partial charge in [-0.1, -0.05) is 0 Å². The Morgan fingerprint density at radius 3 is 0.837 bits per heavy atom. The molecule has 3 aromatic heterocycles. The van der Waals surface area contributed by atoms with Crippen LogP contribution < -0.4 is 0 Å². The molecule has 2 N–H and O–H groups in total. The molecule has 1 radical (unpaired) electrons. The fourth-order valence-electron chi connectivity index (χ4n) is 4.31. The minimum atomic E-state index is 0. The first kappa shape index (κ1) is 35.8. The van der Waals surface area contributed by atoms with Gasteiger partial charge in [0.15, 0.2) is 0 Å². The van der Waals surface area contributed by atoms with Gasteiger partial charge < -0.3 is 9.97 Å². The molecule has 0 saturated heterocycles. The number of nitrogens with zero attached hydrogens (tertiary/aromatic N) is 2. The van der Waals surface area contributed by atoms with Crippen LogP contribution in [0.5, 0.6) is 0 Å². The predicted octanol–water partition coefficient (Wildman–Crippen LogP) is 10.6. The van der Waals surface area contributed by atoms with Crippen molar-refractivity contribution in [1.82, 2.24) is 19.9 Å². The van der Waals surface area contributed by atoms with E-state index in [1.165, 1.54) is 0 Å². The van der Waals surface area contributed by atoms with Crippen LogP contribution in [0.25, 0.3) is 46.4 Å². The number of H-pyrrole nitrogens is 2. The van der Waals surface area contributed by atoms with E-state index in [9.17, 15) is 0 Å². The van der Waals surface area contributed by atoms with Gasteiger partial charge in [-0.3, -0.25) is 0 Å². The summed E-state index contributed by atoms with van der Waals surface area (Å²) >= 11 is 0. The van der Waals surface area contributed by atoms with Crippen molar-refractivity contribution in [2.75, 3.05) is 0 Å². The van der Waals surface area contributed by atoms with Crippen molar-refractivity contribution in [3.63, 3.8) is 0 Å². The number of hydrogen-bond acceptors (Lipinski definition) is 2. The van der Waals surface area contributed by atoms with E-state index in [1.807, 2.05) is 164 Å². The van der Waals surface area contributed by atoms with Gasteiger partial charge >= 0.3 is 0 Å². The van der Waals surface area contributed by atoms with Gasteiger partial charge in [0.2, 0.25) is 0 Å². The molecule has 0 aliphatic carbocycles. The van der Waals surface area contributed by atoms with E-state index in [1.54, 1.807) is 0 Å². The van der Waals surface area contributed by atoms with Crippen molar-refractivity contribution in [3.8, 4) is 0 Å². The molecule has 0 unspecified atom stereocenters. The van der Waals surface area contributed by atoms with E-state index < -0.39 is 0 Å². The van der Waals surface area contributed by atoms with Crippen LogP contribution in [0.4, 0.5) is 0 Å². The summed E-state index contributed by atoms with van der Waals surface area (Å²) in [5.41, 5.74) is 7.86. The van der Waals surface area contributed by atoms with Crippen molar-refractivity contribution in [2.24, 2.45) is 0 Å². The number of nitrogens with one attached hydrogen (secondary N) is 2. The molecule has 2 aliphatic heterocycles. The molecule has 4 aromatic carbocycles. The number of aromatic nitrogens is 4. The maximum Gasteiger partial charge on any atom is 0.0659 e. The molecule has 0 spiro atoms. The molecule has 245 valence electrons. The van der Waals surface area contributed by atoms with Crippen LogP contribution in [0.15, 0.2) is 170 Å². The van der Waals surface area contributed by atoms with Crippen LogP contribution in [-0.4, -0.2) is 19.9 Å². The fourth-order valence-corrected chi connectivity index (χ4v) is 4.31. The molecule has 0 fully saturated rings. The second-order valence-corrected chi connectivity index (χ2v) is 10.2. The van der Waals surface area contributed by atoms with Gasteiger partial charge in [0, 0.05) is 39.1 Å². The van der Waals surface area contributed by atoms with E-state index in [4.69, 9.17) is 0 Å². The Morgan fingerprint density at radius 2 is 0.592 bits per heavy atom. The summed E-state index contributed by atoms with van der Waals surface area (Å²) in [5, 5.41) is 0. The van der Waals surface area contributed by atoms with Gasteiger partial charge in [-0.05, 0) is 72.8 Å². The molecule has 5 heterocycles. The molecule has 0 atom stereocenters. The van der Waals surface area contributed by atoms with Gasteiger partial charge in [-0.25, -0.2) is 9.97 Å². The Balaban J connectivity index is 0.000000175. The number of fused-ring (bicyclic) bond motifs is 8. The Labute approximate surface area is 299 Å². The molecule has 7 aromatic rings. The first-order chi connectivity index (χ1) is 23.8. The van der Waals surface area contributed by atoms with Gasteiger partial charge in [0.25, 0.3) is 0 Å². The Hall–Kier alpha value is -6.00. The van der Waals surface area contributed by atoms with Crippen molar-refractivity contribution in [3.05, 3.63) is 217 Å². The van der Waals surface area contributed by atoms with Crippen LogP contribution in [-0.2, 0) is 17.1 Å². The summed E-state index contributed by atoms with van der Waals surface area (Å²) in [6, 6.07) is 66.4. The van der Waals surface area contributed by atoms with E-state index in [-0.39, 0.29) is 17.1 Å². The largest absolute Gasteiger partial charge is 0.355 e. The third-order valence-electron chi connectivity index (χ3n) is 6.47. The van der Waals surface area contributed by atoms with Gasteiger partial charge in [-0.15, -0.1) is 0 Å². The second kappa shape index (κ2) is 21.0. The summed E-state index contributed by atoms with van der Waals surface area (Å²) in [6.07, 6.45) is 8.05. The van der Waals surface area contributed by atoms with Gasteiger partial charge in [-0.2, -0.15) is 146 Å². The average Bonchev–Trinajstić information content (AvgIpc) is 4.00. The monoisotopic (exact) mass is 681 g/mol. The maximum absolute atomic E-state index is 4.62. The Kier molecular flexibility index (Phi) is 15.4. The molecule has 49 heavy (non-hydrogen) atoms. The molecular formula is C44H34CuN4-4.